The molecule has 9 heteroatoms. The fourth-order valence-corrected chi connectivity index (χ4v) is 8.63. The van der Waals surface area contributed by atoms with Gasteiger partial charge in [0, 0.05) is 68.6 Å². The summed E-state index contributed by atoms with van der Waals surface area (Å²) in [7, 11) is 0. The van der Waals surface area contributed by atoms with Crippen molar-refractivity contribution in [1.29, 1.82) is 0 Å². The van der Waals surface area contributed by atoms with Gasteiger partial charge in [0.25, 0.3) is 5.91 Å². The molecule has 1 aliphatic heterocycles. The van der Waals surface area contributed by atoms with Crippen molar-refractivity contribution >= 4 is 66.6 Å². The Kier molecular flexibility index (Phi) is 9.33. The molecule has 0 spiro atoms. The third-order valence-corrected chi connectivity index (χ3v) is 10.3. The van der Waals surface area contributed by atoms with Gasteiger partial charge >= 0.3 is 0 Å². The predicted molar refractivity (Wildman–Crippen MR) is 192 cm³/mol. The summed E-state index contributed by atoms with van der Waals surface area (Å²) in [5.74, 6) is -0.495. The van der Waals surface area contributed by atoms with E-state index in [4.69, 9.17) is 16.3 Å². The van der Waals surface area contributed by atoms with Crippen molar-refractivity contribution in [1.82, 2.24) is 4.90 Å². The van der Waals surface area contributed by atoms with E-state index in [9.17, 15) is 14.4 Å². The molecule has 1 N–H and O–H groups in total. The van der Waals surface area contributed by atoms with Crippen LogP contribution in [0.15, 0.2) is 98.2 Å². The van der Waals surface area contributed by atoms with Crippen LogP contribution in [-0.2, 0) is 20.9 Å². The number of carbonyl (C=O) groups excluding carboxylic acids is 3. The lowest BCUT2D eigenvalue weighted by atomic mass is 9.63. The zero-order chi connectivity index (χ0) is 33.7. The number of hydrogen-bond donors (Lipinski definition) is 1. The summed E-state index contributed by atoms with van der Waals surface area (Å²) in [6.07, 6.45) is 2.13. The van der Waals surface area contributed by atoms with Gasteiger partial charge in [0.2, 0.25) is 0 Å². The SMILES string of the molecule is CC1(C)CC(=O)C2=C(C1)N(Cc1ccccc1)C1=C(C(=O)CC(C)(C)C1)C2c1cc(Br)cc(Br)c1OCC(=O)Nc1ccc(Cl)cc1. The largest absolute Gasteiger partial charge is 0.482 e. The standard InChI is InChI=1S/C38H37Br2ClN2O4/c1-37(2)16-28-34(30(44)18-37)33(35-29(17-38(3,4)19-31(35)45)43(28)20-22-8-6-5-7-9-22)26-14-23(39)15-27(40)36(26)47-21-32(46)42-25-12-10-24(41)11-13-25/h5-15,33H,16-21H2,1-4H3,(H,42,46). The molecule has 0 radical (unpaired) electrons. The number of benzene rings is 3. The third-order valence-electron chi connectivity index (χ3n) is 9.03. The summed E-state index contributed by atoms with van der Waals surface area (Å²) in [6, 6.07) is 20.8. The molecule has 3 aromatic carbocycles. The Labute approximate surface area is 297 Å². The van der Waals surface area contributed by atoms with Gasteiger partial charge in [-0.15, -0.1) is 0 Å². The van der Waals surface area contributed by atoms with Gasteiger partial charge in [-0.1, -0.05) is 85.6 Å². The second-order valence-corrected chi connectivity index (χ2v) is 16.5. The Morgan fingerprint density at radius 3 is 2.02 bits per heavy atom. The first kappa shape index (κ1) is 33.7. The number of carbonyl (C=O) groups is 3. The number of ketones is 2. The molecule has 1 amide bonds. The van der Waals surface area contributed by atoms with Gasteiger partial charge < -0.3 is 15.0 Å². The van der Waals surface area contributed by atoms with Gasteiger partial charge in [-0.2, -0.15) is 0 Å². The minimum Gasteiger partial charge on any atom is -0.482 e. The Morgan fingerprint density at radius 2 is 1.45 bits per heavy atom. The molecule has 1 heterocycles. The number of anilines is 1. The maximum atomic E-state index is 14.4. The van der Waals surface area contributed by atoms with Crippen molar-refractivity contribution in [2.75, 3.05) is 11.9 Å². The summed E-state index contributed by atoms with van der Waals surface area (Å²) >= 11 is 13.3. The first-order chi connectivity index (χ1) is 22.2. The Balaban J connectivity index is 1.49. The number of ether oxygens (including phenoxy) is 1. The Morgan fingerprint density at radius 1 is 0.872 bits per heavy atom. The predicted octanol–water partition coefficient (Wildman–Crippen LogP) is 9.77. The monoisotopic (exact) mass is 778 g/mol. The topological polar surface area (TPSA) is 75.7 Å². The molecule has 0 unspecified atom stereocenters. The van der Waals surface area contributed by atoms with Gasteiger partial charge in [0.1, 0.15) is 5.75 Å². The summed E-state index contributed by atoms with van der Waals surface area (Å²) in [5.41, 5.74) is 5.10. The molecule has 2 aliphatic carbocycles. The molecule has 0 saturated carbocycles. The van der Waals surface area contributed by atoms with E-state index in [0.717, 1.165) is 21.4 Å². The molecule has 0 saturated heterocycles. The van der Waals surface area contributed by atoms with Crippen molar-refractivity contribution in [3.8, 4) is 5.75 Å². The molecule has 0 fully saturated rings. The number of nitrogens with one attached hydrogen (secondary N) is 1. The number of nitrogens with zero attached hydrogens (tertiary/aromatic N) is 1. The summed E-state index contributed by atoms with van der Waals surface area (Å²) in [6.45, 7) is 8.82. The molecule has 244 valence electrons. The molecular weight excluding hydrogens is 744 g/mol. The second kappa shape index (κ2) is 13.0. The van der Waals surface area contributed by atoms with Gasteiger partial charge in [-0.25, -0.2) is 0 Å². The van der Waals surface area contributed by atoms with Crippen molar-refractivity contribution in [3.63, 3.8) is 0 Å². The van der Waals surface area contributed by atoms with E-state index in [1.165, 1.54) is 0 Å². The van der Waals surface area contributed by atoms with Crippen LogP contribution >= 0.6 is 43.5 Å². The lowest BCUT2D eigenvalue weighted by Crippen LogP contribution is -2.44. The van der Waals surface area contributed by atoms with Crippen LogP contribution < -0.4 is 10.1 Å². The van der Waals surface area contributed by atoms with Crippen LogP contribution in [-0.4, -0.2) is 29.0 Å². The van der Waals surface area contributed by atoms with Crippen LogP contribution in [0.3, 0.4) is 0 Å². The number of allylic oxidation sites excluding steroid dienone is 4. The maximum absolute atomic E-state index is 14.4. The van der Waals surface area contributed by atoms with E-state index in [2.05, 4.69) is 81.9 Å². The number of rotatable bonds is 7. The molecule has 3 aromatic rings. The lowest BCUT2D eigenvalue weighted by molar-refractivity contribution is -0.120. The highest BCUT2D eigenvalue weighted by Gasteiger charge is 2.49. The van der Waals surface area contributed by atoms with Gasteiger partial charge in [0.15, 0.2) is 18.2 Å². The van der Waals surface area contributed by atoms with Gasteiger partial charge in [-0.3, -0.25) is 14.4 Å². The van der Waals surface area contributed by atoms with Crippen molar-refractivity contribution in [2.45, 2.75) is 65.8 Å². The molecule has 0 atom stereocenters. The van der Waals surface area contributed by atoms with Crippen LogP contribution in [0.2, 0.25) is 5.02 Å². The highest BCUT2D eigenvalue weighted by atomic mass is 79.9. The van der Waals surface area contributed by atoms with E-state index < -0.39 is 5.92 Å². The minimum atomic E-state index is -0.637. The molecular formula is C38H37Br2ClN2O4. The van der Waals surface area contributed by atoms with Crippen LogP contribution in [0.1, 0.15) is 70.4 Å². The van der Waals surface area contributed by atoms with Gasteiger partial charge in [-0.05, 0) is 81.6 Å². The highest BCUT2D eigenvalue weighted by molar-refractivity contribution is 9.11. The fourth-order valence-electron chi connectivity index (χ4n) is 7.13. The number of hydrogen-bond acceptors (Lipinski definition) is 5. The summed E-state index contributed by atoms with van der Waals surface area (Å²) < 4.78 is 7.66. The summed E-state index contributed by atoms with van der Waals surface area (Å²) in [4.78, 5) is 44.0. The van der Waals surface area contributed by atoms with Crippen LogP contribution in [0.4, 0.5) is 5.69 Å². The van der Waals surface area contributed by atoms with Crippen LogP contribution in [0, 0.1) is 10.8 Å². The smallest absolute Gasteiger partial charge is 0.262 e. The number of halogens is 3. The van der Waals surface area contributed by atoms with E-state index in [0.29, 0.717) is 69.9 Å². The Hall–Kier alpha value is -3.20. The summed E-state index contributed by atoms with van der Waals surface area (Å²) in [5, 5.41) is 3.41. The molecule has 6 nitrogen and oxygen atoms in total. The first-order valence-electron chi connectivity index (χ1n) is 15.7. The number of amides is 1. The van der Waals surface area contributed by atoms with Crippen molar-refractivity contribution < 1.29 is 19.1 Å². The fraction of sp³-hybridized carbons (Fsp3) is 0.342. The third kappa shape index (κ3) is 7.15. The van der Waals surface area contributed by atoms with E-state index in [-0.39, 0.29) is 34.9 Å². The number of Topliss-reactive ketones (excluding diaryl/α,β-unsaturated/α-hetero) is 2. The first-order valence-corrected chi connectivity index (χ1v) is 17.7. The van der Waals surface area contributed by atoms with Crippen LogP contribution in [0.25, 0.3) is 0 Å². The van der Waals surface area contributed by atoms with Gasteiger partial charge in [0.05, 0.1) is 4.47 Å². The zero-order valence-corrected chi connectivity index (χ0v) is 30.8. The average molecular weight is 781 g/mol. The highest BCUT2D eigenvalue weighted by Crippen LogP contribution is 2.56. The molecule has 3 aliphatic rings. The van der Waals surface area contributed by atoms with Crippen LogP contribution in [0.5, 0.6) is 5.75 Å². The van der Waals surface area contributed by atoms with E-state index in [1.54, 1.807) is 24.3 Å². The molecule has 0 aromatic heterocycles. The van der Waals surface area contributed by atoms with Crippen molar-refractivity contribution in [2.24, 2.45) is 10.8 Å². The van der Waals surface area contributed by atoms with E-state index in [1.807, 2.05) is 30.3 Å². The lowest BCUT2D eigenvalue weighted by Gasteiger charge is -2.49. The Bertz CT molecular complexity index is 1780. The minimum absolute atomic E-state index is 0.0334. The second-order valence-electron chi connectivity index (χ2n) is 14.3. The average Bonchev–Trinajstić information content (AvgIpc) is 2.97. The zero-order valence-electron chi connectivity index (χ0n) is 26.9. The molecule has 6 rings (SSSR count). The quantitative estimate of drug-likeness (QED) is 0.259. The van der Waals surface area contributed by atoms with E-state index >= 15 is 0 Å². The molecule has 47 heavy (non-hydrogen) atoms. The normalized spacial score (nSPS) is 19.0. The molecule has 0 bridgehead atoms. The van der Waals surface area contributed by atoms with Crippen molar-refractivity contribution in [3.05, 3.63) is 114 Å². The maximum Gasteiger partial charge on any atom is 0.262 e.